The van der Waals surface area contributed by atoms with Crippen LogP contribution in [-0.4, -0.2) is 50.1 Å². The molecule has 1 aromatic carbocycles. The number of rotatable bonds is 5. The molecular formula is C19H28N4O2. The van der Waals surface area contributed by atoms with E-state index in [0.29, 0.717) is 18.6 Å². The number of hydrogen-bond acceptors (Lipinski definition) is 3. The number of nitrogens with zero attached hydrogens (tertiary/aromatic N) is 2. The van der Waals surface area contributed by atoms with Gasteiger partial charge in [-0.05, 0) is 36.8 Å². The van der Waals surface area contributed by atoms with Gasteiger partial charge in [0.2, 0.25) is 5.91 Å². The molecule has 0 unspecified atom stereocenters. The molecule has 1 aliphatic carbocycles. The maximum absolute atomic E-state index is 11.1. The molecule has 1 saturated heterocycles. The smallest absolute Gasteiger partial charge is 0.221 e. The van der Waals surface area contributed by atoms with E-state index in [-0.39, 0.29) is 5.91 Å². The average molecular weight is 344 g/mol. The largest absolute Gasteiger partial charge is 0.492 e. The molecule has 1 aliphatic heterocycles. The Hall–Kier alpha value is -2.24. The summed E-state index contributed by atoms with van der Waals surface area (Å²) < 4.78 is 5.77. The molecule has 0 aromatic heterocycles. The van der Waals surface area contributed by atoms with Gasteiger partial charge < -0.3 is 20.3 Å². The predicted octanol–water partition coefficient (Wildman–Crippen LogP) is 2.48. The lowest BCUT2D eigenvalue weighted by Crippen LogP contribution is -2.43. The third-order valence-corrected chi connectivity index (χ3v) is 5.17. The quantitative estimate of drug-likeness (QED) is 0.489. The first-order valence-electron chi connectivity index (χ1n) is 9.06. The minimum atomic E-state index is -0.0857. The zero-order chi connectivity index (χ0) is 17.7. The van der Waals surface area contributed by atoms with Crippen molar-refractivity contribution >= 4 is 17.6 Å². The predicted molar refractivity (Wildman–Crippen MR) is 100 cm³/mol. The molecule has 136 valence electrons. The zero-order valence-electron chi connectivity index (χ0n) is 15.2. The Morgan fingerprint density at radius 3 is 2.84 bits per heavy atom. The molecule has 0 radical (unpaired) electrons. The number of aliphatic imine (C=N–C) groups is 1. The second kappa shape index (κ2) is 7.76. The summed E-state index contributed by atoms with van der Waals surface area (Å²) in [5.41, 5.74) is 1.31. The number of guanidine groups is 1. The van der Waals surface area contributed by atoms with Gasteiger partial charge >= 0.3 is 0 Å². The van der Waals surface area contributed by atoms with Crippen LogP contribution in [0.25, 0.3) is 0 Å². The molecule has 25 heavy (non-hydrogen) atoms. The molecule has 0 atom stereocenters. The standard InChI is InChI=1S/C19H28N4O2/c1-15(24)22-16-5-3-6-17(13-16)25-12-10-21-18(20-2)23-11-9-19(14-23)7-4-8-19/h3,5-6,13H,4,7-12,14H2,1-2H3,(H,20,21)(H,22,24). The number of nitrogens with one attached hydrogen (secondary N) is 2. The van der Waals surface area contributed by atoms with Crippen LogP contribution in [-0.2, 0) is 4.79 Å². The second-order valence-electron chi connectivity index (χ2n) is 7.06. The molecule has 1 spiro atoms. The van der Waals surface area contributed by atoms with Gasteiger partial charge in [0.05, 0.1) is 6.54 Å². The number of carbonyl (C=O) groups is 1. The Morgan fingerprint density at radius 1 is 1.36 bits per heavy atom. The highest BCUT2D eigenvalue weighted by atomic mass is 16.5. The van der Waals surface area contributed by atoms with Gasteiger partial charge in [0.25, 0.3) is 0 Å². The fourth-order valence-corrected chi connectivity index (χ4v) is 3.73. The Bertz CT molecular complexity index is 640. The summed E-state index contributed by atoms with van der Waals surface area (Å²) in [6.45, 7) is 4.96. The lowest BCUT2D eigenvalue weighted by Gasteiger charge is -2.38. The fraction of sp³-hybridized carbons (Fsp3) is 0.579. The third kappa shape index (κ3) is 4.44. The molecule has 1 aromatic rings. The summed E-state index contributed by atoms with van der Waals surface area (Å²) in [5, 5.41) is 6.15. The van der Waals surface area contributed by atoms with Gasteiger partial charge in [-0.1, -0.05) is 12.5 Å². The van der Waals surface area contributed by atoms with Crippen LogP contribution >= 0.6 is 0 Å². The van der Waals surface area contributed by atoms with Crippen molar-refractivity contribution in [2.45, 2.75) is 32.6 Å². The minimum absolute atomic E-state index is 0.0857. The molecule has 1 amide bonds. The monoisotopic (exact) mass is 344 g/mol. The average Bonchev–Trinajstić information content (AvgIpc) is 3.00. The van der Waals surface area contributed by atoms with Crippen molar-refractivity contribution in [3.63, 3.8) is 0 Å². The van der Waals surface area contributed by atoms with E-state index in [9.17, 15) is 4.79 Å². The van der Waals surface area contributed by atoms with E-state index >= 15 is 0 Å². The van der Waals surface area contributed by atoms with Gasteiger partial charge in [-0.25, -0.2) is 0 Å². The summed E-state index contributed by atoms with van der Waals surface area (Å²) in [4.78, 5) is 17.9. The number of anilines is 1. The topological polar surface area (TPSA) is 66.0 Å². The van der Waals surface area contributed by atoms with E-state index in [0.717, 1.165) is 30.5 Å². The highest BCUT2D eigenvalue weighted by Gasteiger charge is 2.43. The van der Waals surface area contributed by atoms with Crippen molar-refractivity contribution in [1.82, 2.24) is 10.2 Å². The van der Waals surface area contributed by atoms with Gasteiger partial charge in [0.15, 0.2) is 5.96 Å². The summed E-state index contributed by atoms with van der Waals surface area (Å²) in [6.07, 6.45) is 5.41. The van der Waals surface area contributed by atoms with Crippen molar-refractivity contribution < 1.29 is 9.53 Å². The van der Waals surface area contributed by atoms with E-state index < -0.39 is 0 Å². The number of amides is 1. The Labute approximate surface area is 149 Å². The van der Waals surface area contributed by atoms with Crippen molar-refractivity contribution in [1.29, 1.82) is 0 Å². The van der Waals surface area contributed by atoms with Crippen molar-refractivity contribution in [2.75, 3.05) is 38.6 Å². The number of hydrogen-bond donors (Lipinski definition) is 2. The highest BCUT2D eigenvalue weighted by Crippen LogP contribution is 2.47. The van der Waals surface area contributed by atoms with Crippen LogP contribution in [0.15, 0.2) is 29.3 Å². The van der Waals surface area contributed by atoms with Crippen LogP contribution < -0.4 is 15.4 Å². The molecule has 1 saturated carbocycles. The summed E-state index contributed by atoms with van der Waals surface area (Å²) >= 11 is 0. The first-order chi connectivity index (χ1) is 12.1. The number of ether oxygens (including phenoxy) is 1. The van der Waals surface area contributed by atoms with Crippen molar-refractivity contribution in [2.24, 2.45) is 10.4 Å². The van der Waals surface area contributed by atoms with Crippen molar-refractivity contribution in [3.05, 3.63) is 24.3 Å². The maximum Gasteiger partial charge on any atom is 0.221 e. The molecule has 6 nitrogen and oxygen atoms in total. The molecule has 2 aliphatic rings. The zero-order valence-corrected chi connectivity index (χ0v) is 15.2. The van der Waals surface area contributed by atoms with E-state index in [2.05, 4.69) is 20.5 Å². The lowest BCUT2D eigenvalue weighted by atomic mass is 9.68. The SMILES string of the molecule is CN=C(NCCOc1cccc(NC(C)=O)c1)N1CCC2(CCC2)C1. The molecule has 1 heterocycles. The minimum Gasteiger partial charge on any atom is -0.492 e. The van der Waals surface area contributed by atoms with Crippen LogP contribution in [0.5, 0.6) is 5.75 Å². The van der Waals surface area contributed by atoms with Gasteiger partial charge in [-0.3, -0.25) is 9.79 Å². The van der Waals surface area contributed by atoms with Gasteiger partial charge in [0, 0.05) is 38.8 Å². The van der Waals surface area contributed by atoms with Crippen LogP contribution in [0.1, 0.15) is 32.6 Å². The Kier molecular flexibility index (Phi) is 5.46. The molecule has 2 fully saturated rings. The van der Waals surface area contributed by atoms with E-state index in [1.807, 2.05) is 31.3 Å². The molecule has 2 N–H and O–H groups in total. The normalized spacial score (nSPS) is 18.8. The maximum atomic E-state index is 11.1. The first kappa shape index (κ1) is 17.6. The van der Waals surface area contributed by atoms with E-state index in [1.54, 1.807) is 0 Å². The molecule has 3 rings (SSSR count). The van der Waals surface area contributed by atoms with E-state index in [1.165, 1.54) is 32.6 Å². The van der Waals surface area contributed by atoms with Crippen LogP contribution in [0.2, 0.25) is 0 Å². The highest BCUT2D eigenvalue weighted by molar-refractivity contribution is 5.88. The number of likely N-dealkylation sites (tertiary alicyclic amines) is 1. The summed E-state index contributed by atoms with van der Waals surface area (Å²) in [6, 6.07) is 7.44. The van der Waals surface area contributed by atoms with Crippen LogP contribution in [0, 0.1) is 5.41 Å². The third-order valence-electron chi connectivity index (χ3n) is 5.17. The molecular weight excluding hydrogens is 316 g/mol. The number of benzene rings is 1. The summed E-state index contributed by atoms with van der Waals surface area (Å²) in [7, 11) is 1.84. The van der Waals surface area contributed by atoms with Crippen molar-refractivity contribution in [3.8, 4) is 5.75 Å². The first-order valence-corrected chi connectivity index (χ1v) is 9.06. The lowest BCUT2D eigenvalue weighted by molar-refractivity contribution is -0.114. The Morgan fingerprint density at radius 2 is 2.20 bits per heavy atom. The number of carbonyl (C=O) groups excluding carboxylic acids is 1. The van der Waals surface area contributed by atoms with Gasteiger partial charge in [-0.2, -0.15) is 0 Å². The fourth-order valence-electron chi connectivity index (χ4n) is 3.73. The van der Waals surface area contributed by atoms with Crippen LogP contribution in [0.3, 0.4) is 0 Å². The molecule has 6 heteroatoms. The van der Waals surface area contributed by atoms with E-state index in [4.69, 9.17) is 4.74 Å². The van der Waals surface area contributed by atoms with Gasteiger partial charge in [0.1, 0.15) is 12.4 Å². The van der Waals surface area contributed by atoms with Crippen LogP contribution in [0.4, 0.5) is 5.69 Å². The second-order valence-corrected chi connectivity index (χ2v) is 7.06. The summed E-state index contributed by atoms with van der Waals surface area (Å²) in [5.74, 6) is 1.63. The Balaban J connectivity index is 1.42. The van der Waals surface area contributed by atoms with Gasteiger partial charge in [-0.15, -0.1) is 0 Å². The molecule has 0 bridgehead atoms.